The van der Waals surface area contributed by atoms with Crippen molar-refractivity contribution in [1.82, 2.24) is 9.13 Å². The summed E-state index contributed by atoms with van der Waals surface area (Å²) in [4.78, 5) is 0. The van der Waals surface area contributed by atoms with Gasteiger partial charge in [0.15, 0.2) is 0 Å². The summed E-state index contributed by atoms with van der Waals surface area (Å²) in [6.07, 6.45) is 0. The van der Waals surface area contributed by atoms with Crippen LogP contribution in [-0.4, -0.2) is 9.13 Å². The van der Waals surface area contributed by atoms with Crippen molar-refractivity contribution in [3.8, 4) is 33.6 Å². The molecule has 0 aliphatic heterocycles. The first-order valence-electron chi connectivity index (χ1n) is 18.3. The van der Waals surface area contributed by atoms with Crippen LogP contribution in [0.1, 0.15) is 11.1 Å². The van der Waals surface area contributed by atoms with Crippen LogP contribution in [0.3, 0.4) is 0 Å². The van der Waals surface area contributed by atoms with Gasteiger partial charge in [-0.1, -0.05) is 96.6 Å². The van der Waals surface area contributed by atoms with Crippen LogP contribution >= 0.6 is 11.3 Å². The lowest BCUT2D eigenvalue weighted by molar-refractivity contribution is 1.17. The van der Waals surface area contributed by atoms with Crippen LogP contribution in [0, 0.1) is 13.8 Å². The maximum absolute atomic E-state index is 2.43. The van der Waals surface area contributed by atoms with Crippen LogP contribution in [0.4, 0.5) is 0 Å². The second kappa shape index (κ2) is 11.5. The fourth-order valence-corrected chi connectivity index (χ4v) is 9.65. The number of aryl methyl sites for hydroxylation is 2. The Morgan fingerprint density at radius 3 is 1.53 bits per heavy atom. The predicted molar refractivity (Wildman–Crippen MR) is 228 cm³/mol. The van der Waals surface area contributed by atoms with Gasteiger partial charge < -0.3 is 9.13 Å². The van der Waals surface area contributed by atoms with E-state index in [4.69, 9.17) is 0 Å². The topological polar surface area (TPSA) is 9.86 Å². The maximum Gasteiger partial charge on any atom is 0.0541 e. The quantitative estimate of drug-likeness (QED) is 0.174. The molecule has 0 aliphatic rings. The fraction of sp³-hybridized carbons (Fsp3) is 0.0400. The van der Waals surface area contributed by atoms with Crippen LogP contribution in [0.5, 0.6) is 0 Å². The molecule has 3 aromatic heterocycles. The van der Waals surface area contributed by atoms with Crippen molar-refractivity contribution >= 4 is 75.1 Å². The molecule has 0 saturated carbocycles. The van der Waals surface area contributed by atoms with E-state index < -0.39 is 0 Å². The summed E-state index contributed by atoms with van der Waals surface area (Å²) in [7, 11) is 0. The number of rotatable bonds is 4. The summed E-state index contributed by atoms with van der Waals surface area (Å²) < 4.78 is 7.50. The molecule has 0 fully saturated rings. The summed E-state index contributed by atoms with van der Waals surface area (Å²) in [6, 6.07) is 62.9. The van der Waals surface area contributed by atoms with E-state index in [-0.39, 0.29) is 0 Å². The van der Waals surface area contributed by atoms with E-state index in [1.807, 2.05) is 11.3 Å². The van der Waals surface area contributed by atoms with Gasteiger partial charge in [-0.3, -0.25) is 0 Å². The maximum atomic E-state index is 2.43. The highest BCUT2D eigenvalue weighted by Crippen LogP contribution is 2.40. The Morgan fingerprint density at radius 1 is 0.358 bits per heavy atom. The predicted octanol–water partition coefficient (Wildman–Crippen LogP) is 14.2. The molecule has 0 N–H and O–H groups in total. The molecule has 0 bridgehead atoms. The molecule has 250 valence electrons. The SMILES string of the molecule is Cc1ccc(-n2c3ccccc3c3cc(-c4ccc5c(c4)c4ccccc4n5-c4ccc(-c5ccc6sc7ccccc7c6c5)c(C)c4)ccc32)cc1. The molecule has 0 radical (unpaired) electrons. The number of hydrogen-bond donors (Lipinski definition) is 0. The largest absolute Gasteiger partial charge is 0.309 e. The highest BCUT2D eigenvalue weighted by Gasteiger charge is 2.17. The molecule has 11 rings (SSSR count). The van der Waals surface area contributed by atoms with Crippen molar-refractivity contribution in [3.63, 3.8) is 0 Å². The van der Waals surface area contributed by atoms with Crippen LogP contribution in [0.2, 0.25) is 0 Å². The molecule has 0 atom stereocenters. The van der Waals surface area contributed by atoms with E-state index >= 15 is 0 Å². The zero-order valence-electron chi connectivity index (χ0n) is 29.5. The lowest BCUT2D eigenvalue weighted by Gasteiger charge is -2.13. The van der Waals surface area contributed by atoms with E-state index in [1.165, 1.54) is 109 Å². The Bertz CT molecular complexity index is 3240. The number of fused-ring (bicyclic) bond motifs is 9. The Hall–Kier alpha value is -6.42. The Morgan fingerprint density at radius 2 is 0.868 bits per heavy atom. The molecule has 0 saturated heterocycles. The number of aromatic nitrogens is 2. The van der Waals surface area contributed by atoms with Gasteiger partial charge >= 0.3 is 0 Å². The number of nitrogens with zero attached hydrogens (tertiary/aromatic N) is 2. The average Bonchev–Trinajstić information content (AvgIpc) is 3.85. The van der Waals surface area contributed by atoms with Crippen molar-refractivity contribution < 1.29 is 0 Å². The van der Waals surface area contributed by atoms with E-state index in [1.54, 1.807) is 0 Å². The second-order valence-corrected chi connectivity index (χ2v) is 15.4. The standard InChI is InChI=1S/C50H34N2S/c1-31-15-20-36(21-16-31)51-45-12-6-3-9-39(45)42-28-33(17-24-47(42)51)34-18-25-48-43(29-34)40-10-4-7-13-46(40)52(48)37-22-23-38(32(2)27-37)35-19-26-50-44(30-35)41-11-5-8-14-49(41)53-50/h3-30H,1-2H3. The zero-order chi connectivity index (χ0) is 35.2. The molecular weight excluding hydrogens is 661 g/mol. The molecule has 8 aromatic carbocycles. The van der Waals surface area contributed by atoms with Gasteiger partial charge in [0.05, 0.1) is 22.1 Å². The summed E-state index contributed by atoms with van der Waals surface area (Å²) in [5, 5.41) is 7.73. The summed E-state index contributed by atoms with van der Waals surface area (Å²) in [5.74, 6) is 0. The van der Waals surface area contributed by atoms with Gasteiger partial charge in [0.2, 0.25) is 0 Å². The van der Waals surface area contributed by atoms with Gasteiger partial charge in [-0.25, -0.2) is 0 Å². The van der Waals surface area contributed by atoms with Crippen molar-refractivity contribution in [2.75, 3.05) is 0 Å². The minimum absolute atomic E-state index is 1.18. The highest BCUT2D eigenvalue weighted by atomic mass is 32.1. The van der Waals surface area contributed by atoms with Gasteiger partial charge in [0.1, 0.15) is 0 Å². The Balaban J connectivity index is 1.03. The highest BCUT2D eigenvalue weighted by molar-refractivity contribution is 7.25. The third kappa shape index (κ3) is 4.64. The normalized spacial score (nSPS) is 12.0. The first kappa shape index (κ1) is 30.2. The van der Waals surface area contributed by atoms with Crippen LogP contribution in [0.15, 0.2) is 170 Å². The van der Waals surface area contributed by atoms with Crippen LogP contribution in [-0.2, 0) is 0 Å². The van der Waals surface area contributed by atoms with Gasteiger partial charge in [-0.05, 0) is 121 Å². The van der Waals surface area contributed by atoms with Crippen LogP contribution < -0.4 is 0 Å². The lowest BCUT2D eigenvalue weighted by Crippen LogP contribution is -1.95. The Labute approximate surface area is 311 Å². The molecule has 2 nitrogen and oxygen atoms in total. The van der Waals surface area contributed by atoms with E-state index in [9.17, 15) is 0 Å². The van der Waals surface area contributed by atoms with Crippen molar-refractivity contribution in [3.05, 3.63) is 181 Å². The van der Waals surface area contributed by atoms with Gasteiger partial charge in [0, 0.05) is 53.1 Å². The van der Waals surface area contributed by atoms with Crippen molar-refractivity contribution in [2.24, 2.45) is 0 Å². The van der Waals surface area contributed by atoms with Crippen molar-refractivity contribution in [2.45, 2.75) is 13.8 Å². The summed E-state index contributed by atoms with van der Waals surface area (Å²) in [5.41, 5.74) is 14.7. The van der Waals surface area contributed by atoms with E-state index in [2.05, 4.69) is 193 Å². The minimum Gasteiger partial charge on any atom is -0.309 e. The minimum atomic E-state index is 1.18. The molecule has 0 unspecified atom stereocenters. The second-order valence-electron chi connectivity index (χ2n) is 14.3. The third-order valence-electron chi connectivity index (χ3n) is 11.1. The molecule has 0 aliphatic carbocycles. The van der Waals surface area contributed by atoms with E-state index in [0.29, 0.717) is 0 Å². The lowest BCUT2D eigenvalue weighted by atomic mass is 9.98. The number of para-hydroxylation sites is 2. The molecular formula is C50H34N2S. The van der Waals surface area contributed by atoms with Gasteiger partial charge in [-0.15, -0.1) is 11.3 Å². The smallest absolute Gasteiger partial charge is 0.0541 e. The molecule has 0 amide bonds. The number of hydrogen-bond acceptors (Lipinski definition) is 1. The number of benzene rings is 8. The first-order valence-corrected chi connectivity index (χ1v) is 19.1. The molecule has 0 spiro atoms. The fourth-order valence-electron chi connectivity index (χ4n) is 8.56. The van der Waals surface area contributed by atoms with Crippen LogP contribution in [0.25, 0.3) is 97.4 Å². The molecule has 53 heavy (non-hydrogen) atoms. The zero-order valence-corrected chi connectivity index (χ0v) is 30.3. The molecule has 3 heteroatoms. The first-order chi connectivity index (χ1) is 26.1. The summed E-state index contributed by atoms with van der Waals surface area (Å²) in [6.45, 7) is 4.38. The molecule has 11 aromatic rings. The van der Waals surface area contributed by atoms with E-state index in [0.717, 1.165) is 0 Å². The van der Waals surface area contributed by atoms with Gasteiger partial charge in [0.25, 0.3) is 0 Å². The Kier molecular flexibility index (Phi) is 6.58. The molecule has 3 heterocycles. The monoisotopic (exact) mass is 694 g/mol. The number of thiophene rings is 1. The van der Waals surface area contributed by atoms with Crippen molar-refractivity contribution in [1.29, 1.82) is 0 Å². The third-order valence-corrected chi connectivity index (χ3v) is 12.3. The average molecular weight is 695 g/mol. The van der Waals surface area contributed by atoms with Gasteiger partial charge in [-0.2, -0.15) is 0 Å². The summed E-state index contributed by atoms with van der Waals surface area (Å²) >= 11 is 1.87.